The maximum atomic E-state index is 12.6. The number of amides is 1. The normalized spacial score (nSPS) is 22.0. The largest absolute Gasteiger partial charge is 0.355 e. The van der Waals surface area contributed by atoms with Gasteiger partial charge in [0.1, 0.15) is 0 Å². The number of carbonyl (C=O) groups excluding carboxylic acids is 1. The van der Waals surface area contributed by atoms with Gasteiger partial charge in [0.2, 0.25) is 15.9 Å². The summed E-state index contributed by atoms with van der Waals surface area (Å²) >= 11 is 1.59. The molecule has 0 radical (unpaired) electrons. The number of nitrogens with one attached hydrogen (secondary N) is 2. The van der Waals surface area contributed by atoms with Crippen molar-refractivity contribution in [2.24, 2.45) is 5.92 Å². The standard InChI is InChI=1S/C17H27N5O3S2/c1-3-27(24,25)20-15-5-4-13(10-21(2)11-15)16(23)18-7-6-14-12-22-8-9-26-17(22)19-14/h8-9,12-13,15,20H,3-7,10-11H2,1-2H3,(H,18,23)/t13-,15+/m1/s1. The summed E-state index contributed by atoms with van der Waals surface area (Å²) in [7, 11) is -1.31. The molecule has 0 spiro atoms. The zero-order valence-corrected chi connectivity index (χ0v) is 17.4. The van der Waals surface area contributed by atoms with E-state index in [0.717, 1.165) is 10.7 Å². The van der Waals surface area contributed by atoms with Gasteiger partial charge in [0, 0.05) is 49.9 Å². The number of fused-ring (bicyclic) bond motifs is 1. The van der Waals surface area contributed by atoms with Crippen molar-refractivity contribution in [2.75, 3.05) is 32.4 Å². The second-order valence-electron chi connectivity index (χ2n) is 7.08. The molecule has 0 unspecified atom stereocenters. The minimum Gasteiger partial charge on any atom is -0.355 e. The van der Waals surface area contributed by atoms with Crippen LogP contribution in [-0.4, -0.2) is 67.1 Å². The quantitative estimate of drug-likeness (QED) is 0.697. The fourth-order valence-electron chi connectivity index (χ4n) is 3.41. The first-order valence-electron chi connectivity index (χ1n) is 9.23. The average molecular weight is 414 g/mol. The summed E-state index contributed by atoms with van der Waals surface area (Å²) in [4.78, 5) is 20.1. The topological polar surface area (TPSA) is 95.8 Å². The van der Waals surface area contributed by atoms with E-state index in [-0.39, 0.29) is 23.6 Å². The summed E-state index contributed by atoms with van der Waals surface area (Å²) in [6.45, 7) is 3.43. The summed E-state index contributed by atoms with van der Waals surface area (Å²) in [5.41, 5.74) is 0.967. The molecular weight excluding hydrogens is 386 g/mol. The van der Waals surface area contributed by atoms with Gasteiger partial charge in [-0.15, -0.1) is 11.3 Å². The predicted octanol–water partition coefficient (Wildman–Crippen LogP) is 0.704. The molecule has 0 saturated carbocycles. The number of hydrogen-bond acceptors (Lipinski definition) is 6. The maximum absolute atomic E-state index is 12.6. The van der Waals surface area contributed by atoms with Crippen LogP contribution in [0.15, 0.2) is 17.8 Å². The second-order valence-corrected chi connectivity index (χ2v) is 10.00. The van der Waals surface area contributed by atoms with Gasteiger partial charge in [0.05, 0.1) is 17.4 Å². The predicted molar refractivity (Wildman–Crippen MR) is 106 cm³/mol. The van der Waals surface area contributed by atoms with Crippen LogP contribution >= 0.6 is 11.3 Å². The molecule has 3 heterocycles. The van der Waals surface area contributed by atoms with E-state index in [1.165, 1.54) is 0 Å². The van der Waals surface area contributed by atoms with Crippen LogP contribution < -0.4 is 10.0 Å². The molecule has 2 atom stereocenters. The molecule has 0 bridgehead atoms. The molecule has 27 heavy (non-hydrogen) atoms. The molecule has 1 fully saturated rings. The fraction of sp³-hybridized carbons (Fsp3) is 0.647. The highest BCUT2D eigenvalue weighted by molar-refractivity contribution is 7.89. The van der Waals surface area contributed by atoms with Crippen molar-refractivity contribution >= 4 is 32.2 Å². The van der Waals surface area contributed by atoms with Gasteiger partial charge in [0.25, 0.3) is 0 Å². The summed E-state index contributed by atoms with van der Waals surface area (Å²) in [5, 5.41) is 5.00. The molecular formula is C17H27N5O3S2. The van der Waals surface area contributed by atoms with Crippen LogP contribution in [0.2, 0.25) is 0 Å². The highest BCUT2D eigenvalue weighted by Crippen LogP contribution is 2.17. The van der Waals surface area contributed by atoms with E-state index in [4.69, 9.17) is 0 Å². The lowest BCUT2D eigenvalue weighted by Gasteiger charge is -2.21. The Bertz CT molecular complexity index is 848. The minimum atomic E-state index is -3.23. The van der Waals surface area contributed by atoms with E-state index in [9.17, 15) is 13.2 Å². The fourth-order valence-corrected chi connectivity index (χ4v) is 5.00. The number of nitrogens with zero attached hydrogens (tertiary/aromatic N) is 3. The average Bonchev–Trinajstić information content (AvgIpc) is 3.14. The van der Waals surface area contributed by atoms with E-state index in [2.05, 4.69) is 15.0 Å². The molecule has 150 valence electrons. The van der Waals surface area contributed by atoms with Crippen LogP contribution in [0, 0.1) is 5.92 Å². The van der Waals surface area contributed by atoms with Gasteiger partial charge in [0.15, 0.2) is 4.96 Å². The third-order valence-electron chi connectivity index (χ3n) is 4.85. The monoisotopic (exact) mass is 413 g/mol. The Kier molecular flexibility index (Phi) is 6.51. The van der Waals surface area contributed by atoms with E-state index in [1.54, 1.807) is 18.3 Å². The van der Waals surface area contributed by atoms with Gasteiger partial charge >= 0.3 is 0 Å². The Morgan fingerprint density at radius 3 is 2.93 bits per heavy atom. The van der Waals surface area contributed by atoms with Gasteiger partial charge in [-0.3, -0.25) is 9.20 Å². The van der Waals surface area contributed by atoms with Crippen molar-refractivity contribution < 1.29 is 13.2 Å². The van der Waals surface area contributed by atoms with Gasteiger partial charge in [-0.2, -0.15) is 0 Å². The number of likely N-dealkylation sites (tertiary alicyclic amines) is 1. The van der Waals surface area contributed by atoms with E-state index >= 15 is 0 Å². The number of thiazole rings is 1. The minimum absolute atomic E-state index is 0.0295. The van der Waals surface area contributed by atoms with E-state index in [1.807, 2.05) is 34.1 Å². The number of rotatable bonds is 7. The molecule has 0 aromatic carbocycles. The number of hydrogen-bond donors (Lipinski definition) is 2. The summed E-state index contributed by atoms with van der Waals surface area (Å²) in [6, 6.07) is -0.142. The molecule has 3 rings (SSSR count). The van der Waals surface area contributed by atoms with Gasteiger partial charge in [-0.05, 0) is 26.8 Å². The molecule has 2 aromatic rings. The second kappa shape index (κ2) is 8.68. The lowest BCUT2D eigenvalue weighted by molar-refractivity contribution is -0.125. The maximum Gasteiger partial charge on any atom is 0.224 e. The van der Waals surface area contributed by atoms with E-state index in [0.29, 0.717) is 38.9 Å². The lowest BCUT2D eigenvalue weighted by atomic mass is 10.0. The molecule has 1 saturated heterocycles. The Labute approximate surface area is 164 Å². The number of sulfonamides is 1. The molecule has 1 aliphatic rings. The number of likely N-dealkylation sites (N-methyl/N-ethyl adjacent to an activating group) is 1. The van der Waals surface area contributed by atoms with Crippen molar-refractivity contribution in [3.63, 3.8) is 0 Å². The summed E-state index contributed by atoms with van der Waals surface area (Å²) in [6.07, 6.45) is 6.00. The first kappa shape index (κ1) is 20.2. The highest BCUT2D eigenvalue weighted by atomic mass is 32.2. The zero-order valence-electron chi connectivity index (χ0n) is 15.7. The van der Waals surface area contributed by atoms with Crippen LogP contribution in [-0.2, 0) is 21.2 Å². The van der Waals surface area contributed by atoms with Gasteiger partial charge < -0.3 is 10.2 Å². The van der Waals surface area contributed by atoms with Crippen LogP contribution in [0.1, 0.15) is 25.5 Å². The molecule has 10 heteroatoms. The van der Waals surface area contributed by atoms with Crippen molar-refractivity contribution in [1.29, 1.82) is 0 Å². The third-order valence-corrected chi connectivity index (χ3v) is 7.07. The molecule has 2 N–H and O–H groups in total. The Hall–Kier alpha value is -1.49. The first-order valence-corrected chi connectivity index (χ1v) is 11.8. The van der Waals surface area contributed by atoms with Gasteiger partial charge in [-0.1, -0.05) is 0 Å². The van der Waals surface area contributed by atoms with E-state index < -0.39 is 10.0 Å². The molecule has 0 aliphatic carbocycles. The lowest BCUT2D eigenvalue weighted by Crippen LogP contribution is -2.42. The number of imidazole rings is 1. The van der Waals surface area contributed by atoms with Crippen molar-refractivity contribution in [1.82, 2.24) is 24.3 Å². The zero-order chi connectivity index (χ0) is 19.4. The third kappa shape index (κ3) is 5.50. The van der Waals surface area contributed by atoms with Crippen molar-refractivity contribution in [2.45, 2.75) is 32.2 Å². The Morgan fingerprint density at radius 1 is 1.37 bits per heavy atom. The van der Waals surface area contributed by atoms with Crippen LogP contribution in [0.4, 0.5) is 0 Å². The van der Waals surface area contributed by atoms with Gasteiger partial charge in [-0.25, -0.2) is 18.1 Å². The van der Waals surface area contributed by atoms with Crippen LogP contribution in [0.5, 0.6) is 0 Å². The first-order chi connectivity index (χ1) is 12.9. The smallest absolute Gasteiger partial charge is 0.224 e. The Balaban J connectivity index is 1.48. The molecule has 2 aromatic heterocycles. The SMILES string of the molecule is CCS(=O)(=O)N[C@H]1CC[C@@H](C(=O)NCCc2cn3ccsc3n2)CN(C)C1. The molecule has 1 aliphatic heterocycles. The van der Waals surface area contributed by atoms with Crippen LogP contribution in [0.25, 0.3) is 4.96 Å². The van der Waals surface area contributed by atoms with Crippen molar-refractivity contribution in [3.05, 3.63) is 23.5 Å². The number of carbonyl (C=O) groups is 1. The Morgan fingerprint density at radius 2 is 2.19 bits per heavy atom. The van der Waals surface area contributed by atoms with Crippen molar-refractivity contribution in [3.8, 4) is 0 Å². The highest BCUT2D eigenvalue weighted by Gasteiger charge is 2.28. The van der Waals surface area contributed by atoms with Crippen LogP contribution in [0.3, 0.4) is 0 Å². The number of aromatic nitrogens is 2. The summed E-state index contributed by atoms with van der Waals surface area (Å²) < 4.78 is 28.3. The molecule has 1 amide bonds. The summed E-state index contributed by atoms with van der Waals surface area (Å²) in [5.74, 6) is -0.0263. The molecule has 8 nitrogen and oxygen atoms in total.